The van der Waals surface area contributed by atoms with E-state index in [1.54, 1.807) is 0 Å². The fourth-order valence-electron chi connectivity index (χ4n) is 2.16. The average molecular weight is 291 g/mol. The number of H-pyrrole nitrogens is 1. The first-order valence-electron chi connectivity index (χ1n) is 6.34. The Hall–Kier alpha value is -2.34. The minimum Gasteiger partial charge on any atom is -0.338 e. The largest absolute Gasteiger partial charge is 0.416 e. The maximum absolute atomic E-state index is 12.7. The number of rotatable bonds is 2. The van der Waals surface area contributed by atoms with Gasteiger partial charge in [-0.2, -0.15) is 13.2 Å². The number of aromatic amines is 1. The van der Waals surface area contributed by atoms with Crippen molar-refractivity contribution >= 4 is 11.0 Å². The molecule has 0 aliphatic rings. The number of halogens is 3. The van der Waals surface area contributed by atoms with Gasteiger partial charge in [0.25, 0.3) is 0 Å². The number of benzene rings is 2. The van der Waals surface area contributed by atoms with Crippen molar-refractivity contribution in [1.82, 2.24) is 9.97 Å². The van der Waals surface area contributed by atoms with Gasteiger partial charge in [0.15, 0.2) is 0 Å². The Labute approximate surface area is 118 Å². The maximum Gasteiger partial charge on any atom is 0.416 e. The fourth-order valence-corrected chi connectivity index (χ4v) is 2.16. The molecular formula is C15H12F3N3. The molecule has 0 radical (unpaired) electrons. The summed E-state index contributed by atoms with van der Waals surface area (Å²) < 4.78 is 38.1. The van der Waals surface area contributed by atoms with Crippen molar-refractivity contribution in [3.05, 3.63) is 53.6 Å². The summed E-state index contributed by atoms with van der Waals surface area (Å²) in [5.74, 6) is 0.527. The Morgan fingerprint density at radius 1 is 1.10 bits per heavy atom. The van der Waals surface area contributed by atoms with Gasteiger partial charge in [0.1, 0.15) is 5.82 Å². The third kappa shape index (κ3) is 2.62. The van der Waals surface area contributed by atoms with Crippen LogP contribution in [0.15, 0.2) is 42.5 Å². The number of hydrogen-bond donors (Lipinski definition) is 2. The monoisotopic (exact) mass is 291 g/mol. The molecule has 0 saturated carbocycles. The van der Waals surface area contributed by atoms with Crippen LogP contribution in [0.1, 0.15) is 11.1 Å². The predicted molar refractivity (Wildman–Crippen MR) is 74.4 cm³/mol. The predicted octanol–water partition coefficient (Wildman–Crippen LogP) is 3.71. The topological polar surface area (TPSA) is 54.7 Å². The lowest BCUT2D eigenvalue weighted by molar-refractivity contribution is -0.137. The van der Waals surface area contributed by atoms with Gasteiger partial charge in [-0.3, -0.25) is 0 Å². The molecule has 0 bridgehead atoms. The number of fused-ring (bicyclic) bond motifs is 1. The molecule has 0 spiro atoms. The van der Waals surface area contributed by atoms with Crippen LogP contribution in [-0.2, 0) is 12.7 Å². The normalized spacial score (nSPS) is 12.0. The van der Waals surface area contributed by atoms with Gasteiger partial charge in [-0.25, -0.2) is 4.98 Å². The summed E-state index contributed by atoms with van der Waals surface area (Å²) in [5.41, 5.74) is 7.46. The summed E-state index contributed by atoms with van der Waals surface area (Å²) in [6.45, 7) is 0.395. The number of nitrogens with two attached hydrogens (primary N) is 1. The average Bonchev–Trinajstić information content (AvgIpc) is 2.89. The third-order valence-corrected chi connectivity index (χ3v) is 3.25. The van der Waals surface area contributed by atoms with Gasteiger partial charge in [-0.15, -0.1) is 0 Å². The van der Waals surface area contributed by atoms with E-state index in [4.69, 9.17) is 5.73 Å². The lowest BCUT2D eigenvalue weighted by atomic mass is 10.1. The molecule has 0 unspecified atom stereocenters. The van der Waals surface area contributed by atoms with Crippen molar-refractivity contribution in [1.29, 1.82) is 0 Å². The van der Waals surface area contributed by atoms with Gasteiger partial charge in [-0.1, -0.05) is 18.2 Å². The van der Waals surface area contributed by atoms with E-state index in [1.165, 1.54) is 6.07 Å². The molecule has 2 aromatic carbocycles. The van der Waals surface area contributed by atoms with Crippen molar-refractivity contribution in [2.75, 3.05) is 0 Å². The van der Waals surface area contributed by atoms with Crippen LogP contribution >= 0.6 is 0 Å². The molecule has 0 saturated heterocycles. The minimum atomic E-state index is -4.37. The molecule has 3 nitrogen and oxygen atoms in total. The van der Waals surface area contributed by atoms with Crippen LogP contribution in [0.25, 0.3) is 22.4 Å². The van der Waals surface area contributed by atoms with Gasteiger partial charge < -0.3 is 10.7 Å². The van der Waals surface area contributed by atoms with Crippen LogP contribution in [-0.4, -0.2) is 9.97 Å². The molecule has 3 rings (SSSR count). The Bertz CT molecular complexity index is 790. The molecule has 108 valence electrons. The van der Waals surface area contributed by atoms with Crippen molar-refractivity contribution in [2.45, 2.75) is 12.7 Å². The van der Waals surface area contributed by atoms with Crippen LogP contribution in [0.5, 0.6) is 0 Å². The van der Waals surface area contributed by atoms with E-state index < -0.39 is 11.7 Å². The van der Waals surface area contributed by atoms with Crippen molar-refractivity contribution in [3.8, 4) is 11.4 Å². The lowest BCUT2D eigenvalue weighted by Crippen LogP contribution is -2.04. The van der Waals surface area contributed by atoms with Crippen LogP contribution in [0, 0.1) is 0 Å². The Kier molecular flexibility index (Phi) is 3.17. The molecule has 0 aliphatic heterocycles. The van der Waals surface area contributed by atoms with Crippen molar-refractivity contribution in [3.63, 3.8) is 0 Å². The molecule has 6 heteroatoms. The van der Waals surface area contributed by atoms with Gasteiger partial charge in [0, 0.05) is 12.1 Å². The van der Waals surface area contributed by atoms with E-state index in [2.05, 4.69) is 9.97 Å². The first-order valence-corrected chi connectivity index (χ1v) is 6.34. The summed E-state index contributed by atoms with van der Waals surface area (Å²) in [4.78, 5) is 7.26. The number of aromatic nitrogens is 2. The molecular weight excluding hydrogens is 279 g/mol. The molecule has 3 aromatic rings. The van der Waals surface area contributed by atoms with Gasteiger partial charge >= 0.3 is 6.18 Å². The number of imidazole rings is 1. The molecule has 1 aromatic heterocycles. The molecule has 0 fully saturated rings. The van der Waals surface area contributed by atoms with Crippen molar-refractivity contribution in [2.24, 2.45) is 5.73 Å². The molecule has 1 heterocycles. The van der Waals surface area contributed by atoms with Gasteiger partial charge in [0.2, 0.25) is 0 Å². The van der Waals surface area contributed by atoms with Crippen LogP contribution < -0.4 is 5.73 Å². The Morgan fingerprint density at radius 2 is 1.90 bits per heavy atom. The first-order chi connectivity index (χ1) is 9.97. The second-order valence-corrected chi connectivity index (χ2v) is 4.72. The Morgan fingerprint density at radius 3 is 2.62 bits per heavy atom. The summed E-state index contributed by atoms with van der Waals surface area (Å²) >= 11 is 0. The molecule has 0 amide bonds. The summed E-state index contributed by atoms with van der Waals surface area (Å²) in [5, 5.41) is 0. The van der Waals surface area contributed by atoms with Gasteiger partial charge in [-0.05, 0) is 29.8 Å². The van der Waals surface area contributed by atoms with Crippen LogP contribution in [0.2, 0.25) is 0 Å². The molecule has 3 N–H and O–H groups in total. The quantitative estimate of drug-likeness (QED) is 0.756. The highest BCUT2D eigenvalue weighted by atomic mass is 19.4. The second-order valence-electron chi connectivity index (χ2n) is 4.72. The minimum absolute atomic E-state index is 0.290. The number of nitrogens with one attached hydrogen (secondary N) is 1. The smallest absolute Gasteiger partial charge is 0.338 e. The highest BCUT2D eigenvalue weighted by Gasteiger charge is 2.30. The molecule has 21 heavy (non-hydrogen) atoms. The van der Waals surface area contributed by atoms with E-state index in [0.717, 1.165) is 23.3 Å². The highest BCUT2D eigenvalue weighted by molar-refractivity contribution is 5.80. The van der Waals surface area contributed by atoms with E-state index >= 15 is 0 Å². The zero-order valence-corrected chi connectivity index (χ0v) is 10.9. The van der Waals surface area contributed by atoms with E-state index in [9.17, 15) is 13.2 Å². The number of alkyl halides is 3. The maximum atomic E-state index is 12.7. The third-order valence-electron chi connectivity index (χ3n) is 3.25. The zero-order valence-electron chi connectivity index (χ0n) is 10.9. The standard InChI is InChI=1S/C15H12F3N3/c16-15(17,18)11-4-5-12-13(7-11)21-14(20-12)10-3-1-2-9(6-10)8-19/h1-7H,8,19H2,(H,20,21). The zero-order chi connectivity index (χ0) is 15.0. The lowest BCUT2D eigenvalue weighted by Gasteiger charge is -2.04. The molecule has 0 aliphatic carbocycles. The SMILES string of the molecule is NCc1cccc(-c2nc3cc(C(F)(F)F)ccc3[nH]2)c1. The number of nitrogens with zero attached hydrogens (tertiary/aromatic N) is 1. The summed E-state index contributed by atoms with van der Waals surface area (Å²) in [6.07, 6.45) is -4.37. The molecule has 0 atom stereocenters. The van der Waals surface area contributed by atoms with E-state index in [1.807, 2.05) is 24.3 Å². The van der Waals surface area contributed by atoms with Gasteiger partial charge in [0.05, 0.1) is 16.6 Å². The summed E-state index contributed by atoms with van der Waals surface area (Å²) in [6, 6.07) is 10.9. The second kappa shape index (κ2) is 4.89. The highest BCUT2D eigenvalue weighted by Crippen LogP contribution is 2.31. The van der Waals surface area contributed by atoms with Crippen LogP contribution in [0.3, 0.4) is 0 Å². The van der Waals surface area contributed by atoms with Crippen LogP contribution in [0.4, 0.5) is 13.2 Å². The van der Waals surface area contributed by atoms with E-state index in [0.29, 0.717) is 17.9 Å². The first kappa shape index (κ1) is 13.6. The van der Waals surface area contributed by atoms with E-state index in [-0.39, 0.29) is 5.52 Å². The fraction of sp³-hybridized carbons (Fsp3) is 0.133. The summed E-state index contributed by atoms with van der Waals surface area (Å²) in [7, 11) is 0. The number of hydrogen-bond acceptors (Lipinski definition) is 2. The Balaban J connectivity index is 2.08. The van der Waals surface area contributed by atoms with Crippen molar-refractivity contribution < 1.29 is 13.2 Å².